The van der Waals surface area contributed by atoms with Crippen LogP contribution in [0.5, 0.6) is 0 Å². The number of aromatic nitrogens is 1. The second-order valence-corrected chi connectivity index (χ2v) is 8.75. The van der Waals surface area contributed by atoms with Crippen molar-refractivity contribution < 1.29 is 14.4 Å². The number of carbonyl (C=O) groups excluding carboxylic acids is 3. The molecule has 1 aromatic heterocycles. The lowest BCUT2D eigenvalue weighted by Crippen LogP contribution is -2.33. The molecular weight excluding hydrogens is 386 g/mol. The van der Waals surface area contributed by atoms with Crippen molar-refractivity contribution in [1.29, 1.82) is 0 Å². The van der Waals surface area contributed by atoms with E-state index in [1.165, 1.54) is 21.8 Å². The summed E-state index contributed by atoms with van der Waals surface area (Å²) in [5.74, 6) is -0.841. The van der Waals surface area contributed by atoms with Gasteiger partial charge in [0.15, 0.2) is 4.80 Å². The molecule has 0 unspecified atom stereocenters. The molecule has 3 amide bonds. The number of amides is 3. The molecule has 152 valence electrons. The molecule has 2 heterocycles. The smallest absolute Gasteiger partial charge is 0.250 e. The molecule has 2 atom stereocenters. The maximum atomic E-state index is 12.5. The minimum Gasteiger partial charge on any atom is -0.319 e. The van der Waals surface area contributed by atoms with Crippen LogP contribution in [0.2, 0.25) is 0 Å². The predicted molar refractivity (Wildman–Crippen MR) is 110 cm³/mol. The third-order valence-electron chi connectivity index (χ3n) is 5.84. The van der Waals surface area contributed by atoms with E-state index >= 15 is 0 Å². The van der Waals surface area contributed by atoms with Crippen molar-refractivity contribution in [2.75, 3.05) is 6.54 Å². The summed E-state index contributed by atoms with van der Waals surface area (Å²) in [5.41, 5.74) is 2.34. The molecule has 1 saturated carbocycles. The van der Waals surface area contributed by atoms with Gasteiger partial charge in [-0.25, -0.2) is 0 Å². The Bertz CT molecular complexity index is 965. The number of carbonyl (C=O) groups is 3. The molecule has 1 aliphatic carbocycles. The highest BCUT2D eigenvalue weighted by Crippen LogP contribution is 2.37. The van der Waals surface area contributed by atoms with Gasteiger partial charge in [-0.15, -0.1) is 11.3 Å². The number of thiazole rings is 1. The summed E-state index contributed by atoms with van der Waals surface area (Å²) in [6, 6.07) is 8.25. The fourth-order valence-electron chi connectivity index (χ4n) is 4.22. The number of nitrogens with zero attached hydrogens (tertiary/aromatic N) is 3. The molecule has 0 radical (unpaired) electrons. The van der Waals surface area contributed by atoms with Crippen LogP contribution in [-0.4, -0.2) is 33.7 Å². The molecule has 1 aromatic carbocycles. The molecular formula is C22H25N3O3S. The van der Waals surface area contributed by atoms with Gasteiger partial charge in [0.25, 0.3) is 0 Å². The van der Waals surface area contributed by atoms with Gasteiger partial charge < -0.3 is 4.57 Å². The topological polar surface area (TPSA) is 71.7 Å². The van der Waals surface area contributed by atoms with Crippen LogP contribution < -0.4 is 4.80 Å². The fraction of sp³-hybridized carbons (Fsp3) is 0.455. The SMILES string of the molecule is Cc1ccc(Cn2ccsc2=NC(=O)CCN2C(=O)[C@H]3CCCC[C@@H]3C2=O)cc1. The van der Waals surface area contributed by atoms with E-state index in [0.29, 0.717) is 11.3 Å². The molecule has 1 saturated heterocycles. The summed E-state index contributed by atoms with van der Waals surface area (Å²) in [6.07, 6.45) is 5.56. The summed E-state index contributed by atoms with van der Waals surface area (Å²) in [5, 5.41) is 1.90. The Morgan fingerprint density at radius 1 is 1.10 bits per heavy atom. The minimum atomic E-state index is -0.305. The van der Waals surface area contributed by atoms with Crippen molar-refractivity contribution in [1.82, 2.24) is 9.47 Å². The summed E-state index contributed by atoms with van der Waals surface area (Å²) in [7, 11) is 0. The zero-order valence-corrected chi connectivity index (χ0v) is 17.4. The standard InChI is InChI=1S/C22H25N3O3S/c1-15-6-8-16(9-7-15)14-24-12-13-29-22(24)23-19(26)10-11-25-20(27)17-4-2-3-5-18(17)21(25)28/h6-9,12-13,17-18H,2-5,10-11,14H2,1H3/t17-,18-/m0/s1. The predicted octanol–water partition coefficient (Wildman–Crippen LogP) is 2.90. The van der Waals surface area contributed by atoms with Crippen LogP contribution in [0.25, 0.3) is 0 Å². The number of aryl methyl sites for hydroxylation is 1. The van der Waals surface area contributed by atoms with Gasteiger partial charge >= 0.3 is 0 Å². The van der Waals surface area contributed by atoms with E-state index in [2.05, 4.69) is 29.3 Å². The molecule has 2 aliphatic rings. The first-order valence-corrected chi connectivity index (χ1v) is 11.0. The number of fused-ring (bicyclic) bond motifs is 1. The molecule has 4 rings (SSSR count). The largest absolute Gasteiger partial charge is 0.319 e. The molecule has 7 heteroatoms. The van der Waals surface area contributed by atoms with Crippen molar-refractivity contribution in [2.45, 2.75) is 45.6 Å². The molecule has 0 N–H and O–H groups in total. The average molecular weight is 412 g/mol. The van der Waals surface area contributed by atoms with Gasteiger partial charge in [-0.2, -0.15) is 4.99 Å². The Hall–Kier alpha value is -2.54. The van der Waals surface area contributed by atoms with Gasteiger partial charge in [0.05, 0.1) is 11.8 Å². The van der Waals surface area contributed by atoms with Crippen molar-refractivity contribution in [3.05, 3.63) is 51.8 Å². The van der Waals surface area contributed by atoms with Crippen LogP contribution >= 0.6 is 11.3 Å². The maximum absolute atomic E-state index is 12.5. The fourth-order valence-corrected chi connectivity index (χ4v) is 4.96. The number of rotatable bonds is 5. The average Bonchev–Trinajstić information content (AvgIpc) is 3.25. The Morgan fingerprint density at radius 3 is 2.41 bits per heavy atom. The normalized spacial score (nSPS) is 22.2. The van der Waals surface area contributed by atoms with E-state index in [1.807, 2.05) is 23.1 Å². The number of benzene rings is 1. The summed E-state index contributed by atoms with van der Waals surface area (Å²) in [4.78, 5) is 43.6. The minimum absolute atomic E-state index is 0.0688. The first-order valence-electron chi connectivity index (χ1n) is 10.1. The molecule has 0 bridgehead atoms. The highest BCUT2D eigenvalue weighted by molar-refractivity contribution is 7.07. The molecule has 6 nitrogen and oxygen atoms in total. The number of likely N-dealkylation sites (tertiary alicyclic amines) is 1. The Balaban J connectivity index is 1.40. The second kappa shape index (κ2) is 8.45. The van der Waals surface area contributed by atoms with Crippen LogP contribution in [0.1, 0.15) is 43.2 Å². The quantitative estimate of drug-likeness (QED) is 0.710. The highest BCUT2D eigenvalue weighted by Gasteiger charge is 2.47. The molecule has 2 fully saturated rings. The van der Waals surface area contributed by atoms with Crippen molar-refractivity contribution in [3.63, 3.8) is 0 Å². The monoisotopic (exact) mass is 411 g/mol. The Morgan fingerprint density at radius 2 is 1.76 bits per heavy atom. The summed E-state index contributed by atoms with van der Waals surface area (Å²) < 4.78 is 1.94. The molecule has 1 aliphatic heterocycles. The van der Waals surface area contributed by atoms with E-state index < -0.39 is 0 Å². The van der Waals surface area contributed by atoms with Gasteiger partial charge in [-0.1, -0.05) is 42.7 Å². The van der Waals surface area contributed by atoms with Crippen LogP contribution in [0, 0.1) is 18.8 Å². The van der Waals surface area contributed by atoms with E-state index in [0.717, 1.165) is 31.2 Å². The van der Waals surface area contributed by atoms with E-state index in [1.54, 1.807) is 0 Å². The van der Waals surface area contributed by atoms with Gasteiger partial charge in [0.1, 0.15) is 0 Å². The lowest BCUT2D eigenvalue weighted by molar-refractivity contribution is -0.140. The van der Waals surface area contributed by atoms with Crippen LogP contribution in [-0.2, 0) is 20.9 Å². The number of hydrogen-bond donors (Lipinski definition) is 0. The van der Waals surface area contributed by atoms with Gasteiger partial charge in [-0.05, 0) is 25.3 Å². The number of hydrogen-bond acceptors (Lipinski definition) is 4. The third-order valence-corrected chi connectivity index (χ3v) is 6.63. The van der Waals surface area contributed by atoms with E-state index in [4.69, 9.17) is 0 Å². The maximum Gasteiger partial charge on any atom is 0.250 e. The van der Waals surface area contributed by atoms with Crippen molar-refractivity contribution in [3.8, 4) is 0 Å². The molecule has 2 aromatic rings. The second-order valence-electron chi connectivity index (χ2n) is 7.88. The first-order chi connectivity index (χ1) is 14.0. The first kappa shape index (κ1) is 19.8. The Kier molecular flexibility index (Phi) is 5.76. The van der Waals surface area contributed by atoms with Gasteiger partial charge in [-0.3, -0.25) is 19.3 Å². The Labute approximate surface area is 173 Å². The van der Waals surface area contributed by atoms with Crippen LogP contribution in [0.3, 0.4) is 0 Å². The van der Waals surface area contributed by atoms with Crippen LogP contribution in [0.4, 0.5) is 0 Å². The lowest BCUT2D eigenvalue weighted by atomic mass is 9.81. The number of imide groups is 1. The van der Waals surface area contributed by atoms with E-state index in [9.17, 15) is 14.4 Å². The third kappa shape index (κ3) is 4.24. The zero-order chi connectivity index (χ0) is 20.4. The lowest BCUT2D eigenvalue weighted by Gasteiger charge is -2.19. The highest BCUT2D eigenvalue weighted by atomic mass is 32.1. The van der Waals surface area contributed by atoms with Gasteiger partial charge in [0.2, 0.25) is 17.7 Å². The summed E-state index contributed by atoms with van der Waals surface area (Å²) in [6.45, 7) is 2.82. The zero-order valence-electron chi connectivity index (χ0n) is 16.5. The summed E-state index contributed by atoms with van der Waals surface area (Å²) >= 11 is 1.40. The molecule has 0 spiro atoms. The van der Waals surface area contributed by atoms with Crippen molar-refractivity contribution in [2.24, 2.45) is 16.8 Å². The van der Waals surface area contributed by atoms with E-state index in [-0.39, 0.29) is 42.5 Å². The van der Waals surface area contributed by atoms with Gasteiger partial charge in [0, 0.05) is 31.1 Å². The van der Waals surface area contributed by atoms with Crippen molar-refractivity contribution >= 4 is 29.1 Å². The molecule has 29 heavy (non-hydrogen) atoms. The van der Waals surface area contributed by atoms with Crippen LogP contribution in [0.15, 0.2) is 40.8 Å².